The molecule has 136 valence electrons. The molecule has 0 aliphatic rings. The number of amides is 1. The Morgan fingerprint density at radius 3 is 2.65 bits per heavy atom. The third-order valence-electron chi connectivity index (χ3n) is 4.14. The van der Waals surface area contributed by atoms with Crippen molar-refractivity contribution < 1.29 is 13.6 Å². The highest BCUT2D eigenvalue weighted by atomic mass is 35.5. The van der Waals surface area contributed by atoms with Gasteiger partial charge in [0.25, 0.3) is 0 Å². The van der Waals surface area contributed by atoms with Gasteiger partial charge in [-0.2, -0.15) is 0 Å². The molecule has 0 saturated carbocycles. The Morgan fingerprint density at radius 2 is 1.96 bits per heavy atom. The molecule has 2 aromatic heterocycles. The Labute approximate surface area is 157 Å². The van der Waals surface area contributed by atoms with Gasteiger partial charge in [-0.1, -0.05) is 11.6 Å². The van der Waals surface area contributed by atoms with Crippen molar-refractivity contribution in [3.05, 3.63) is 71.3 Å². The minimum Gasteiger partial charge on any atom is -0.468 e. The third-order valence-corrected chi connectivity index (χ3v) is 4.39. The lowest BCUT2D eigenvalue weighted by molar-refractivity contribution is -0.129. The molecule has 1 N–H and O–H groups in total. The molecule has 6 heteroatoms. The standard InChI is InChI=1S/C20H21ClN2O3/c1-14(18-4-3-11-25-18)22-12-20(24)23(2)13-17-9-10-19(26-17)15-5-7-16(21)8-6-15/h3-11,14,22H,12-13H2,1-2H3/t14-/m1/s1. The molecule has 0 aliphatic carbocycles. The number of benzene rings is 1. The van der Waals surface area contributed by atoms with Crippen molar-refractivity contribution in [3.8, 4) is 11.3 Å². The normalized spacial score (nSPS) is 12.1. The zero-order valence-electron chi connectivity index (χ0n) is 14.7. The molecule has 0 unspecified atom stereocenters. The van der Waals surface area contributed by atoms with Gasteiger partial charge in [0, 0.05) is 17.6 Å². The van der Waals surface area contributed by atoms with Gasteiger partial charge in [-0.05, 0) is 55.5 Å². The van der Waals surface area contributed by atoms with Gasteiger partial charge >= 0.3 is 0 Å². The summed E-state index contributed by atoms with van der Waals surface area (Å²) in [5.41, 5.74) is 0.948. The Hall–Kier alpha value is -2.50. The molecule has 26 heavy (non-hydrogen) atoms. The van der Waals surface area contributed by atoms with E-state index in [9.17, 15) is 4.79 Å². The van der Waals surface area contributed by atoms with Crippen LogP contribution in [-0.2, 0) is 11.3 Å². The maximum Gasteiger partial charge on any atom is 0.236 e. The number of carbonyl (C=O) groups excluding carboxylic acids is 1. The molecular weight excluding hydrogens is 352 g/mol. The van der Waals surface area contributed by atoms with E-state index in [1.807, 2.05) is 55.5 Å². The van der Waals surface area contributed by atoms with E-state index in [1.54, 1.807) is 18.2 Å². The van der Waals surface area contributed by atoms with Crippen molar-refractivity contribution in [2.45, 2.75) is 19.5 Å². The molecule has 0 radical (unpaired) electrons. The second-order valence-corrected chi connectivity index (χ2v) is 6.58. The van der Waals surface area contributed by atoms with Gasteiger partial charge in [-0.15, -0.1) is 0 Å². The molecule has 0 spiro atoms. The number of likely N-dealkylation sites (N-methyl/N-ethyl adjacent to an activating group) is 1. The van der Waals surface area contributed by atoms with E-state index in [0.29, 0.717) is 11.6 Å². The summed E-state index contributed by atoms with van der Waals surface area (Å²) in [6, 6.07) is 14.9. The molecule has 0 fully saturated rings. The first kappa shape index (κ1) is 18.3. The highest BCUT2D eigenvalue weighted by Crippen LogP contribution is 2.24. The van der Waals surface area contributed by atoms with Crippen molar-refractivity contribution in [2.75, 3.05) is 13.6 Å². The zero-order chi connectivity index (χ0) is 18.5. The summed E-state index contributed by atoms with van der Waals surface area (Å²) in [6.45, 7) is 2.59. The molecule has 3 rings (SSSR count). The summed E-state index contributed by atoms with van der Waals surface area (Å²) in [6.07, 6.45) is 1.62. The first-order valence-corrected chi connectivity index (χ1v) is 8.76. The van der Waals surface area contributed by atoms with Crippen LogP contribution in [0.3, 0.4) is 0 Å². The van der Waals surface area contributed by atoms with Crippen molar-refractivity contribution in [1.82, 2.24) is 10.2 Å². The van der Waals surface area contributed by atoms with Crippen LogP contribution >= 0.6 is 11.6 Å². The summed E-state index contributed by atoms with van der Waals surface area (Å²) in [5, 5.41) is 3.84. The largest absolute Gasteiger partial charge is 0.468 e. The van der Waals surface area contributed by atoms with Crippen LogP contribution in [-0.4, -0.2) is 24.4 Å². The van der Waals surface area contributed by atoms with Crippen molar-refractivity contribution >= 4 is 17.5 Å². The molecule has 5 nitrogen and oxygen atoms in total. The zero-order valence-corrected chi connectivity index (χ0v) is 15.5. The van der Waals surface area contributed by atoms with Gasteiger partial charge in [0.1, 0.15) is 17.3 Å². The lowest BCUT2D eigenvalue weighted by Gasteiger charge is -2.18. The number of hydrogen-bond donors (Lipinski definition) is 1. The SMILES string of the molecule is C[C@@H](NCC(=O)N(C)Cc1ccc(-c2ccc(Cl)cc2)o1)c1ccco1. The van der Waals surface area contributed by atoms with Crippen LogP contribution in [0.25, 0.3) is 11.3 Å². The van der Waals surface area contributed by atoms with Gasteiger partial charge in [0.15, 0.2) is 0 Å². The minimum atomic E-state index is -0.0255. The van der Waals surface area contributed by atoms with Crippen LogP contribution in [0.2, 0.25) is 5.02 Å². The lowest BCUT2D eigenvalue weighted by Crippen LogP contribution is -2.36. The number of furan rings is 2. The monoisotopic (exact) mass is 372 g/mol. The fraction of sp³-hybridized carbons (Fsp3) is 0.250. The molecule has 1 aromatic carbocycles. The second kappa shape index (κ2) is 8.25. The molecular formula is C20H21ClN2O3. The predicted molar refractivity (Wildman–Crippen MR) is 101 cm³/mol. The van der Waals surface area contributed by atoms with Gasteiger partial charge in [-0.3, -0.25) is 10.1 Å². The van der Waals surface area contributed by atoms with E-state index >= 15 is 0 Å². The Kier molecular flexibility index (Phi) is 5.81. The van der Waals surface area contributed by atoms with Crippen LogP contribution < -0.4 is 5.32 Å². The Balaban J connectivity index is 1.53. The van der Waals surface area contributed by atoms with Crippen LogP contribution in [0, 0.1) is 0 Å². The Morgan fingerprint density at radius 1 is 1.19 bits per heavy atom. The first-order valence-electron chi connectivity index (χ1n) is 8.38. The molecule has 0 saturated heterocycles. The van der Waals surface area contributed by atoms with Gasteiger partial charge < -0.3 is 13.7 Å². The maximum atomic E-state index is 12.3. The minimum absolute atomic E-state index is 0.0205. The quantitative estimate of drug-likeness (QED) is 0.663. The first-order chi connectivity index (χ1) is 12.5. The number of nitrogens with zero attached hydrogens (tertiary/aromatic N) is 1. The van der Waals surface area contributed by atoms with E-state index in [0.717, 1.165) is 22.8 Å². The van der Waals surface area contributed by atoms with Crippen molar-refractivity contribution in [3.63, 3.8) is 0 Å². The van der Waals surface area contributed by atoms with Crippen LogP contribution in [0.5, 0.6) is 0 Å². The third kappa shape index (κ3) is 4.56. The summed E-state index contributed by atoms with van der Waals surface area (Å²) < 4.78 is 11.2. The number of hydrogen-bond acceptors (Lipinski definition) is 4. The summed E-state index contributed by atoms with van der Waals surface area (Å²) in [7, 11) is 1.76. The highest BCUT2D eigenvalue weighted by molar-refractivity contribution is 6.30. The average molecular weight is 373 g/mol. The summed E-state index contributed by atoms with van der Waals surface area (Å²) >= 11 is 5.91. The van der Waals surface area contributed by atoms with Crippen molar-refractivity contribution in [1.29, 1.82) is 0 Å². The van der Waals surface area contributed by atoms with Crippen LogP contribution in [0.4, 0.5) is 0 Å². The van der Waals surface area contributed by atoms with E-state index in [4.69, 9.17) is 20.4 Å². The highest BCUT2D eigenvalue weighted by Gasteiger charge is 2.15. The van der Waals surface area contributed by atoms with Crippen LogP contribution in [0.1, 0.15) is 24.5 Å². The van der Waals surface area contributed by atoms with Gasteiger partial charge in [0.2, 0.25) is 5.91 Å². The summed E-state index contributed by atoms with van der Waals surface area (Å²) in [5.74, 6) is 2.26. The second-order valence-electron chi connectivity index (χ2n) is 6.14. The number of halogens is 1. The predicted octanol–water partition coefficient (Wildman–Crippen LogP) is 4.50. The van der Waals surface area contributed by atoms with E-state index in [-0.39, 0.29) is 18.5 Å². The van der Waals surface area contributed by atoms with Crippen LogP contribution in [0.15, 0.2) is 63.6 Å². The number of rotatable bonds is 7. The smallest absolute Gasteiger partial charge is 0.236 e. The average Bonchev–Trinajstić information content (AvgIpc) is 3.32. The van der Waals surface area contributed by atoms with E-state index in [1.165, 1.54) is 0 Å². The molecule has 3 aromatic rings. The summed E-state index contributed by atoms with van der Waals surface area (Å²) in [4.78, 5) is 13.9. The molecule has 2 heterocycles. The van der Waals surface area contributed by atoms with E-state index in [2.05, 4.69) is 5.32 Å². The van der Waals surface area contributed by atoms with Crippen molar-refractivity contribution in [2.24, 2.45) is 0 Å². The molecule has 0 bridgehead atoms. The molecule has 0 aliphatic heterocycles. The maximum absolute atomic E-state index is 12.3. The number of carbonyl (C=O) groups is 1. The van der Waals surface area contributed by atoms with Gasteiger partial charge in [-0.25, -0.2) is 0 Å². The fourth-order valence-corrected chi connectivity index (χ4v) is 2.69. The topological polar surface area (TPSA) is 58.6 Å². The number of nitrogens with one attached hydrogen (secondary N) is 1. The Bertz CT molecular complexity index is 840. The molecule has 1 amide bonds. The molecule has 1 atom stereocenters. The lowest BCUT2D eigenvalue weighted by atomic mass is 10.2. The van der Waals surface area contributed by atoms with E-state index < -0.39 is 0 Å². The van der Waals surface area contributed by atoms with Gasteiger partial charge in [0.05, 0.1) is 25.4 Å². The fourth-order valence-electron chi connectivity index (χ4n) is 2.57.